The van der Waals surface area contributed by atoms with Crippen molar-refractivity contribution in [3.8, 4) is 0 Å². The third kappa shape index (κ3) is 8.59. The van der Waals surface area contributed by atoms with Crippen LogP contribution in [0.4, 0.5) is 5.00 Å². The minimum Gasteiger partial charge on any atom is -0.380 e. The van der Waals surface area contributed by atoms with Crippen LogP contribution in [0.2, 0.25) is 0 Å². The highest BCUT2D eigenvalue weighted by Crippen LogP contribution is 2.24. The second-order valence-electron chi connectivity index (χ2n) is 6.65. The summed E-state index contributed by atoms with van der Waals surface area (Å²) >= 11 is 1.82. The van der Waals surface area contributed by atoms with E-state index in [0.717, 1.165) is 58.1 Å². The largest absolute Gasteiger partial charge is 0.380 e. The van der Waals surface area contributed by atoms with Gasteiger partial charge in [0, 0.05) is 39.3 Å². The van der Waals surface area contributed by atoms with E-state index in [9.17, 15) is 0 Å². The van der Waals surface area contributed by atoms with Crippen molar-refractivity contribution in [3.63, 3.8) is 0 Å². The average molecular weight is 480 g/mol. The van der Waals surface area contributed by atoms with Crippen LogP contribution >= 0.6 is 35.3 Å². The molecule has 1 fully saturated rings. The molecule has 1 aromatic heterocycles. The number of aliphatic imine (C=N–C) groups is 1. The van der Waals surface area contributed by atoms with E-state index in [0.29, 0.717) is 12.0 Å². The third-order valence-electron chi connectivity index (χ3n) is 4.26. The second-order valence-corrected chi connectivity index (χ2v) is 7.58. The van der Waals surface area contributed by atoms with Gasteiger partial charge in [-0.1, -0.05) is 13.8 Å². The molecule has 0 spiro atoms. The number of anilines is 1. The number of ether oxygens (including phenoxy) is 1. The van der Waals surface area contributed by atoms with Gasteiger partial charge in [0.05, 0.1) is 11.6 Å². The topological polar surface area (TPSA) is 48.9 Å². The first kappa shape index (κ1) is 22.5. The van der Waals surface area contributed by atoms with E-state index in [4.69, 9.17) is 4.74 Å². The van der Waals surface area contributed by atoms with Gasteiger partial charge in [-0.2, -0.15) is 0 Å². The standard InChI is InChI=1S/C18H32N4OS.HI/c1-15(2)8-12-23-13-9-20-18(19-3)21-16-6-10-22(11-7-16)17-5-4-14-24-17;/h4-5,14-16H,6-13H2,1-3H3,(H2,19,20,21);1H. The predicted octanol–water partition coefficient (Wildman–Crippen LogP) is 3.56. The number of guanidine groups is 1. The lowest BCUT2D eigenvalue weighted by Crippen LogP contribution is -2.49. The van der Waals surface area contributed by atoms with Gasteiger partial charge in [-0.25, -0.2) is 0 Å². The predicted molar refractivity (Wildman–Crippen MR) is 120 cm³/mol. The van der Waals surface area contributed by atoms with Crippen LogP contribution in [0.3, 0.4) is 0 Å². The molecule has 0 atom stereocenters. The monoisotopic (exact) mass is 480 g/mol. The Kier molecular flexibility index (Phi) is 11.5. The summed E-state index contributed by atoms with van der Waals surface area (Å²) in [6.45, 7) is 9.01. The molecule has 5 nitrogen and oxygen atoms in total. The van der Waals surface area contributed by atoms with Gasteiger partial charge >= 0.3 is 0 Å². The molecule has 1 aliphatic heterocycles. The number of hydrogen-bond donors (Lipinski definition) is 2. The van der Waals surface area contributed by atoms with Crippen LogP contribution < -0.4 is 15.5 Å². The highest BCUT2D eigenvalue weighted by molar-refractivity contribution is 14.0. The highest BCUT2D eigenvalue weighted by Gasteiger charge is 2.20. The molecule has 25 heavy (non-hydrogen) atoms. The summed E-state index contributed by atoms with van der Waals surface area (Å²) in [6, 6.07) is 4.83. The van der Waals surface area contributed by atoms with Crippen molar-refractivity contribution in [2.75, 3.05) is 44.8 Å². The zero-order valence-corrected chi connectivity index (χ0v) is 18.8. The number of rotatable bonds is 8. The fraction of sp³-hybridized carbons (Fsp3) is 0.722. The molecule has 7 heteroatoms. The molecule has 144 valence electrons. The van der Waals surface area contributed by atoms with Crippen LogP contribution in [-0.2, 0) is 4.74 Å². The lowest BCUT2D eigenvalue weighted by atomic mass is 10.1. The smallest absolute Gasteiger partial charge is 0.191 e. The number of thiophene rings is 1. The Balaban J connectivity index is 0.00000312. The van der Waals surface area contributed by atoms with Gasteiger partial charge in [0.1, 0.15) is 0 Å². The third-order valence-corrected chi connectivity index (χ3v) is 5.18. The molecule has 0 aliphatic carbocycles. The molecule has 1 aromatic rings. The number of piperidine rings is 1. The van der Waals surface area contributed by atoms with Gasteiger partial charge in [-0.15, -0.1) is 35.3 Å². The first-order chi connectivity index (χ1) is 11.7. The van der Waals surface area contributed by atoms with Gasteiger partial charge in [0.15, 0.2) is 5.96 Å². The van der Waals surface area contributed by atoms with Crippen LogP contribution in [0.5, 0.6) is 0 Å². The van der Waals surface area contributed by atoms with Gasteiger partial charge in [-0.3, -0.25) is 4.99 Å². The first-order valence-corrected chi connectivity index (χ1v) is 9.90. The zero-order valence-electron chi connectivity index (χ0n) is 15.7. The molecule has 1 saturated heterocycles. The van der Waals surface area contributed by atoms with Crippen molar-refractivity contribution in [1.82, 2.24) is 10.6 Å². The van der Waals surface area contributed by atoms with Crippen molar-refractivity contribution in [2.24, 2.45) is 10.9 Å². The van der Waals surface area contributed by atoms with Gasteiger partial charge in [0.2, 0.25) is 0 Å². The summed E-state index contributed by atoms with van der Waals surface area (Å²) in [7, 11) is 1.83. The minimum atomic E-state index is 0. The summed E-state index contributed by atoms with van der Waals surface area (Å²) in [5, 5.41) is 10.4. The van der Waals surface area contributed by atoms with Crippen LogP contribution in [-0.4, -0.2) is 51.9 Å². The number of halogens is 1. The Morgan fingerprint density at radius 3 is 2.72 bits per heavy atom. The van der Waals surface area contributed by atoms with Crippen molar-refractivity contribution in [3.05, 3.63) is 17.5 Å². The average Bonchev–Trinajstić information content (AvgIpc) is 3.11. The Bertz CT molecular complexity index is 473. The maximum Gasteiger partial charge on any atom is 0.191 e. The molecule has 0 radical (unpaired) electrons. The zero-order chi connectivity index (χ0) is 17.2. The maximum atomic E-state index is 5.63. The van der Waals surface area contributed by atoms with E-state index >= 15 is 0 Å². The number of nitrogens with one attached hydrogen (secondary N) is 2. The number of nitrogens with zero attached hydrogens (tertiary/aromatic N) is 2. The quantitative estimate of drug-likeness (QED) is 0.259. The summed E-state index contributed by atoms with van der Waals surface area (Å²) in [5.41, 5.74) is 0. The van der Waals surface area contributed by atoms with Gasteiger partial charge < -0.3 is 20.3 Å². The van der Waals surface area contributed by atoms with E-state index in [1.54, 1.807) is 0 Å². The highest BCUT2D eigenvalue weighted by atomic mass is 127. The summed E-state index contributed by atoms with van der Waals surface area (Å²) in [6.07, 6.45) is 3.41. The van der Waals surface area contributed by atoms with Crippen molar-refractivity contribution >= 4 is 46.3 Å². The maximum absolute atomic E-state index is 5.63. The molecule has 2 heterocycles. The van der Waals surface area contributed by atoms with Gasteiger partial charge in [0.25, 0.3) is 0 Å². The Labute approximate surface area is 173 Å². The number of hydrogen-bond acceptors (Lipinski definition) is 4. The second kappa shape index (κ2) is 12.8. The van der Waals surface area contributed by atoms with E-state index < -0.39 is 0 Å². The fourth-order valence-corrected chi connectivity index (χ4v) is 3.53. The van der Waals surface area contributed by atoms with Crippen molar-refractivity contribution < 1.29 is 4.74 Å². The van der Waals surface area contributed by atoms with Gasteiger partial charge in [-0.05, 0) is 42.7 Å². The molecular formula is C18H33IN4OS. The van der Waals surface area contributed by atoms with E-state index in [1.807, 2.05) is 18.4 Å². The molecule has 0 aromatic carbocycles. The van der Waals surface area contributed by atoms with Crippen molar-refractivity contribution in [2.45, 2.75) is 39.2 Å². The summed E-state index contributed by atoms with van der Waals surface area (Å²) < 4.78 is 5.63. The van der Waals surface area contributed by atoms with E-state index in [2.05, 4.69) is 51.9 Å². The lowest BCUT2D eigenvalue weighted by molar-refractivity contribution is 0.128. The van der Waals surface area contributed by atoms with E-state index in [-0.39, 0.29) is 24.0 Å². The molecule has 0 bridgehead atoms. The molecule has 2 rings (SSSR count). The van der Waals surface area contributed by atoms with Crippen LogP contribution in [0, 0.1) is 5.92 Å². The molecule has 0 unspecified atom stereocenters. The molecule has 2 N–H and O–H groups in total. The molecular weight excluding hydrogens is 447 g/mol. The van der Waals surface area contributed by atoms with Crippen LogP contribution in [0.15, 0.2) is 22.5 Å². The van der Waals surface area contributed by atoms with Crippen LogP contribution in [0.25, 0.3) is 0 Å². The summed E-state index contributed by atoms with van der Waals surface area (Å²) in [4.78, 5) is 6.80. The molecule has 1 aliphatic rings. The van der Waals surface area contributed by atoms with Crippen LogP contribution in [0.1, 0.15) is 33.1 Å². The fourth-order valence-electron chi connectivity index (χ4n) is 2.74. The van der Waals surface area contributed by atoms with Crippen molar-refractivity contribution in [1.29, 1.82) is 0 Å². The Morgan fingerprint density at radius 2 is 2.12 bits per heavy atom. The normalized spacial score (nSPS) is 16.0. The Hall–Kier alpha value is -0.540. The lowest BCUT2D eigenvalue weighted by Gasteiger charge is -2.33. The Morgan fingerprint density at radius 1 is 1.36 bits per heavy atom. The van der Waals surface area contributed by atoms with E-state index in [1.165, 1.54) is 5.00 Å². The minimum absolute atomic E-state index is 0. The molecule has 0 amide bonds. The SMILES string of the molecule is CN=C(NCCOCCC(C)C)NC1CCN(c2cccs2)CC1.I. The molecule has 0 saturated carbocycles. The summed E-state index contributed by atoms with van der Waals surface area (Å²) in [5.74, 6) is 1.59. The first-order valence-electron chi connectivity index (χ1n) is 9.02.